The Hall–Kier alpha value is -1.10. The van der Waals surface area contributed by atoms with Gasteiger partial charge in [-0.25, -0.2) is 4.68 Å². The van der Waals surface area contributed by atoms with E-state index in [1.54, 1.807) is 13.5 Å². The Morgan fingerprint density at radius 1 is 1.26 bits per heavy atom. The Morgan fingerprint density at radius 3 is 2.29 bits per heavy atom. The number of amides is 1. The number of fused-ring (bicyclic) bond motifs is 1. The fourth-order valence-corrected chi connectivity index (χ4v) is 3.74. The van der Waals surface area contributed by atoms with Crippen LogP contribution in [0.25, 0.3) is 0 Å². The molecule has 31 heavy (non-hydrogen) atoms. The Balaban J connectivity index is 0.000000302. The minimum atomic E-state index is -2.30. The fourth-order valence-electron chi connectivity index (χ4n) is 3.06. The second kappa shape index (κ2) is 12.8. The molecule has 1 aliphatic heterocycles. The van der Waals surface area contributed by atoms with Crippen LogP contribution in [0.5, 0.6) is 5.88 Å². The number of halogens is 1. The van der Waals surface area contributed by atoms with E-state index in [-0.39, 0.29) is 40.6 Å². The number of anilines is 1. The molecule has 0 saturated carbocycles. The first-order valence-electron chi connectivity index (χ1n) is 9.46. The molecule has 0 bridgehead atoms. The van der Waals surface area contributed by atoms with Crippen molar-refractivity contribution in [3.8, 4) is 5.88 Å². The first-order chi connectivity index (χ1) is 14.2. The topological polar surface area (TPSA) is 99.5 Å². The molecule has 1 aromatic heterocycles. The van der Waals surface area contributed by atoms with Gasteiger partial charge in [-0.05, 0) is 22.5 Å². The van der Waals surface area contributed by atoms with Crippen molar-refractivity contribution in [2.45, 2.75) is 57.1 Å². The van der Waals surface area contributed by atoms with Gasteiger partial charge in [0, 0.05) is 23.2 Å². The molecule has 166 valence electrons. The van der Waals surface area contributed by atoms with Crippen LogP contribution >= 0.6 is 11.6 Å². The standard InChI is InChI=1S/C13H17ClNO.C7H9N2O4S.Na/c1-8(2)11-5-10(14)6-12(9(3)4)13(11)15-7-16;1-12-5-3-9-7(13-4-5)6(2-8-9)14(10)11;/h5-6,8-9H,1-4H3,(H,15,16);2,5H,3-4H2,1H3;/q2*-1;+1/t;5-;/m.1./s1. The van der Waals surface area contributed by atoms with Crippen LogP contribution in [0.4, 0.5) is 5.69 Å². The summed E-state index contributed by atoms with van der Waals surface area (Å²) in [6.45, 7) is 9.17. The second-order valence-electron chi connectivity index (χ2n) is 7.40. The number of nitrogens with one attached hydrogen (secondary N) is 1. The summed E-state index contributed by atoms with van der Waals surface area (Å²) in [7, 11) is -0.721. The van der Waals surface area contributed by atoms with Gasteiger partial charge in [-0.3, -0.25) is 0 Å². The summed E-state index contributed by atoms with van der Waals surface area (Å²) < 4.78 is 33.2. The van der Waals surface area contributed by atoms with Gasteiger partial charge in [-0.2, -0.15) is 5.10 Å². The van der Waals surface area contributed by atoms with E-state index in [0.717, 1.165) is 16.8 Å². The van der Waals surface area contributed by atoms with Crippen molar-refractivity contribution >= 4 is 34.4 Å². The predicted octanol–water partition coefficient (Wildman–Crippen LogP) is 1.03. The van der Waals surface area contributed by atoms with Crippen LogP contribution in [0.2, 0.25) is 5.02 Å². The van der Waals surface area contributed by atoms with Gasteiger partial charge in [-0.15, -0.1) is 16.8 Å². The molecule has 1 aromatic carbocycles. The third kappa shape index (κ3) is 7.20. The van der Waals surface area contributed by atoms with Crippen molar-refractivity contribution in [1.82, 2.24) is 9.78 Å². The monoisotopic (exact) mass is 478 g/mol. The van der Waals surface area contributed by atoms with Crippen LogP contribution in [-0.4, -0.2) is 36.0 Å². The van der Waals surface area contributed by atoms with Crippen LogP contribution in [0, 0.1) is 0 Å². The summed E-state index contributed by atoms with van der Waals surface area (Å²) in [6.07, 6.45) is 2.95. The van der Waals surface area contributed by atoms with Crippen molar-refractivity contribution in [3.63, 3.8) is 0 Å². The molecule has 11 heteroatoms. The van der Waals surface area contributed by atoms with E-state index in [9.17, 15) is 13.2 Å². The largest absolute Gasteiger partial charge is 1.00 e. The van der Waals surface area contributed by atoms with Crippen LogP contribution < -0.4 is 39.6 Å². The van der Waals surface area contributed by atoms with E-state index in [0.29, 0.717) is 35.9 Å². The zero-order valence-electron chi connectivity index (χ0n) is 18.6. The van der Waals surface area contributed by atoms with E-state index in [4.69, 9.17) is 21.1 Å². The van der Waals surface area contributed by atoms with Crippen molar-refractivity contribution in [2.24, 2.45) is 0 Å². The molecular formula is C20H26ClN3NaO5S-. The molecule has 0 unspecified atom stereocenters. The summed E-state index contributed by atoms with van der Waals surface area (Å²) in [6, 6.07) is 3.80. The molecule has 1 aliphatic rings. The van der Waals surface area contributed by atoms with Crippen LogP contribution in [0.1, 0.15) is 50.7 Å². The molecule has 0 saturated heterocycles. The summed E-state index contributed by atoms with van der Waals surface area (Å²) in [5, 5.41) is 7.28. The molecule has 8 nitrogen and oxygen atoms in total. The number of benzene rings is 1. The summed E-state index contributed by atoms with van der Waals surface area (Å²) >= 11 is 6.08. The maximum Gasteiger partial charge on any atom is 1.00 e. The number of ether oxygens (including phenoxy) is 2. The van der Waals surface area contributed by atoms with Gasteiger partial charge >= 0.3 is 29.6 Å². The summed E-state index contributed by atoms with van der Waals surface area (Å²) in [5.41, 5.74) is 2.96. The maximum absolute atomic E-state index is 10.7. The molecule has 3 rings (SSSR count). The number of rotatable bonds is 6. The predicted molar refractivity (Wildman–Crippen MR) is 114 cm³/mol. The fraction of sp³-hybridized carbons (Fsp3) is 0.500. The molecule has 1 N–H and O–H groups in total. The van der Waals surface area contributed by atoms with E-state index >= 15 is 0 Å². The van der Waals surface area contributed by atoms with E-state index in [2.05, 4.69) is 38.1 Å². The molecule has 0 fully saturated rings. The summed E-state index contributed by atoms with van der Waals surface area (Å²) in [4.78, 5) is 10.6. The molecule has 0 radical (unpaired) electrons. The molecule has 1 amide bonds. The Bertz CT molecular complexity index is 925. The number of hydrogen-bond donors (Lipinski definition) is 1. The van der Waals surface area contributed by atoms with E-state index in [1.165, 1.54) is 10.9 Å². The van der Waals surface area contributed by atoms with Gasteiger partial charge in [-0.1, -0.05) is 51.4 Å². The van der Waals surface area contributed by atoms with Crippen molar-refractivity contribution in [3.05, 3.63) is 34.5 Å². The SMILES string of the molecule is CC(C)c1cc(Cl)cc(C(C)C)c1N[C-]=O.CO[C@H]1COc2c([S-](=O)=O)cnn2C1.[Na+]. The smallest absolute Gasteiger partial charge is 0.490 e. The van der Waals surface area contributed by atoms with Gasteiger partial charge in [0.1, 0.15) is 12.7 Å². The van der Waals surface area contributed by atoms with Gasteiger partial charge < -0.3 is 28.0 Å². The van der Waals surface area contributed by atoms with Crippen molar-refractivity contribution in [1.29, 1.82) is 0 Å². The molecular weight excluding hydrogens is 453 g/mol. The minimum Gasteiger partial charge on any atom is -0.490 e. The van der Waals surface area contributed by atoms with Crippen LogP contribution in [0.3, 0.4) is 0 Å². The molecule has 2 aromatic rings. The number of carbonyl (C=O) groups excluding carboxylic acids is 1. The second-order valence-corrected chi connectivity index (χ2v) is 8.74. The number of aromatic nitrogens is 2. The zero-order chi connectivity index (χ0) is 22.4. The van der Waals surface area contributed by atoms with Crippen LogP contribution in [-0.2, 0) is 35.2 Å². The van der Waals surface area contributed by atoms with Crippen LogP contribution in [0.15, 0.2) is 23.2 Å². The zero-order valence-corrected chi connectivity index (χ0v) is 22.2. The van der Waals surface area contributed by atoms with Gasteiger partial charge in [0.25, 0.3) is 0 Å². The van der Waals surface area contributed by atoms with E-state index < -0.39 is 10.7 Å². The normalized spacial score (nSPS) is 14.9. The number of hydrogen-bond acceptors (Lipinski definition) is 7. The summed E-state index contributed by atoms with van der Waals surface area (Å²) in [5.74, 6) is 0.922. The van der Waals surface area contributed by atoms with Crippen molar-refractivity contribution in [2.75, 3.05) is 19.0 Å². The Kier molecular flexibility index (Phi) is 11.5. The quantitative estimate of drug-likeness (QED) is 0.288. The molecule has 0 spiro atoms. The Labute approximate surface area is 211 Å². The first kappa shape index (κ1) is 27.9. The maximum atomic E-state index is 10.7. The molecule has 2 heterocycles. The van der Waals surface area contributed by atoms with E-state index in [1.807, 2.05) is 12.1 Å². The average Bonchev–Trinajstić information content (AvgIpc) is 3.12. The molecule has 0 aliphatic carbocycles. The number of methoxy groups -OCH3 is 1. The third-order valence-corrected chi connectivity index (χ3v) is 5.50. The Morgan fingerprint density at radius 2 is 1.84 bits per heavy atom. The van der Waals surface area contributed by atoms with Crippen molar-refractivity contribution < 1.29 is 52.2 Å². The van der Waals surface area contributed by atoms with Gasteiger partial charge in [0.2, 0.25) is 0 Å². The van der Waals surface area contributed by atoms with Gasteiger partial charge in [0.15, 0.2) is 5.88 Å². The first-order valence-corrected chi connectivity index (χ1v) is 10.9. The molecule has 1 atom stereocenters. The number of nitrogens with zero attached hydrogens (tertiary/aromatic N) is 2. The average molecular weight is 479 g/mol. The van der Waals surface area contributed by atoms with Gasteiger partial charge in [0.05, 0.1) is 13.0 Å². The minimum absolute atomic E-state index is 0. The third-order valence-electron chi connectivity index (χ3n) is 4.64.